The van der Waals surface area contributed by atoms with Gasteiger partial charge in [-0.1, -0.05) is 11.6 Å². The van der Waals surface area contributed by atoms with E-state index in [1.54, 1.807) is 12.3 Å². The first-order chi connectivity index (χ1) is 6.68. The zero-order valence-electron chi connectivity index (χ0n) is 7.33. The maximum absolute atomic E-state index is 10.9. The van der Waals surface area contributed by atoms with Gasteiger partial charge in [0.15, 0.2) is 0 Å². The van der Waals surface area contributed by atoms with Gasteiger partial charge in [-0.25, -0.2) is 0 Å². The third kappa shape index (κ3) is 1.19. The molecule has 0 amide bonds. The topological polar surface area (TPSA) is 53.8 Å². The number of hydrogen-bond donors (Lipinski definition) is 0. The minimum absolute atomic E-state index is 0.111. The van der Waals surface area contributed by atoms with E-state index in [0.29, 0.717) is 5.02 Å². The molecular formula is C10H7ClN2O. The number of rotatable bonds is 1. The normalized spacial score (nSPS) is 18.4. The van der Waals surface area contributed by atoms with E-state index in [1.165, 1.54) is 6.20 Å². The van der Waals surface area contributed by atoms with E-state index in [1.807, 2.05) is 0 Å². The fourth-order valence-electron chi connectivity index (χ4n) is 1.71. The highest BCUT2D eigenvalue weighted by molar-refractivity contribution is 6.31. The van der Waals surface area contributed by atoms with Crippen molar-refractivity contribution in [1.29, 1.82) is 5.26 Å². The van der Waals surface area contributed by atoms with E-state index in [4.69, 9.17) is 16.9 Å². The molecule has 1 aromatic rings. The summed E-state index contributed by atoms with van der Waals surface area (Å²) in [6, 6.07) is 3.88. The van der Waals surface area contributed by atoms with Gasteiger partial charge in [-0.05, 0) is 11.6 Å². The second kappa shape index (κ2) is 3.07. The lowest BCUT2D eigenvalue weighted by Gasteiger charge is -2.34. The molecule has 0 radical (unpaired) electrons. The molecule has 1 aromatic heterocycles. The Bertz CT molecular complexity index is 428. The van der Waals surface area contributed by atoms with Gasteiger partial charge in [0.05, 0.1) is 16.5 Å². The van der Waals surface area contributed by atoms with Gasteiger partial charge in [-0.15, -0.1) is 0 Å². The van der Waals surface area contributed by atoms with E-state index in [9.17, 15) is 4.79 Å². The smallest absolute Gasteiger partial charge is 0.136 e. The summed E-state index contributed by atoms with van der Waals surface area (Å²) >= 11 is 5.92. The first-order valence-corrected chi connectivity index (χ1v) is 4.59. The summed E-state index contributed by atoms with van der Waals surface area (Å²) in [6.07, 6.45) is 3.63. The second-order valence-electron chi connectivity index (χ2n) is 3.44. The van der Waals surface area contributed by atoms with E-state index in [-0.39, 0.29) is 18.6 Å². The van der Waals surface area contributed by atoms with Crippen LogP contribution in [-0.4, -0.2) is 10.8 Å². The zero-order chi connectivity index (χ0) is 10.2. The van der Waals surface area contributed by atoms with Gasteiger partial charge < -0.3 is 0 Å². The van der Waals surface area contributed by atoms with Crippen LogP contribution in [0.1, 0.15) is 18.4 Å². The molecule has 2 rings (SSSR count). The SMILES string of the molecule is N#CC1(c2ccncc2Cl)CC(=O)C1. The van der Waals surface area contributed by atoms with Gasteiger partial charge in [0.2, 0.25) is 0 Å². The molecule has 0 atom stereocenters. The van der Waals surface area contributed by atoms with Crippen LogP contribution in [0.15, 0.2) is 18.5 Å². The largest absolute Gasteiger partial charge is 0.300 e. The molecule has 0 saturated heterocycles. The molecule has 1 heterocycles. The molecule has 4 heteroatoms. The Balaban J connectivity index is 2.45. The lowest BCUT2D eigenvalue weighted by Crippen LogP contribution is -2.40. The van der Waals surface area contributed by atoms with E-state index >= 15 is 0 Å². The van der Waals surface area contributed by atoms with Gasteiger partial charge in [-0.3, -0.25) is 9.78 Å². The summed E-state index contributed by atoms with van der Waals surface area (Å²) in [7, 11) is 0. The first kappa shape index (κ1) is 9.17. The van der Waals surface area contributed by atoms with Gasteiger partial charge in [0, 0.05) is 25.2 Å². The Hall–Kier alpha value is -1.40. The molecule has 0 unspecified atom stereocenters. The molecule has 0 aromatic carbocycles. The van der Waals surface area contributed by atoms with Crippen LogP contribution in [0.5, 0.6) is 0 Å². The molecule has 0 aliphatic heterocycles. The van der Waals surface area contributed by atoms with Crippen LogP contribution in [0.25, 0.3) is 0 Å². The highest BCUT2D eigenvalue weighted by Crippen LogP contribution is 2.43. The summed E-state index contributed by atoms with van der Waals surface area (Å²) in [4.78, 5) is 14.8. The van der Waals surface area contributed by atoms with Gasteiger partial charge in [0.1, 0.15) is 5.78 Å². The number of ketones is 1. The predicted octanol–water partition coefficient (Wildman–Crippen LogP) is 1.86. The third-order valence-corrected chi connectivity index (χ3v) is 2.80. The van der Waals surface area contributed by atoms with Crippen molar-refractivity contribution in [2.75, 3.05) is 0 Å². The van der Waals surface area contributed by atoms with Gasteiger partial charge in [0.25, 0.3) is 0 Å². The molecule has 1 fully saturated rings. The van der Waals surface area contributed by atoms with Crippen molar-refractivity contribution >= 4 is 17.4 Å². The number of Topliss-reactive ketones (excluding diaryl/α,β-unsaturated/α-hetero) is 1. The van der Waals surface area contributed by atoms with Crippen molar-refractivity contribution in [1.82, 2.24) is 4.98 Å². The van der Waals surface area contributed by atoms with Crippen molar-refractivity contribution in [3.8, 4) is 6.07 Å². The Morgan fingerprint density at radius 2 is 2.29 bits per heavy atom. The molecule has 1 aliphatic carbocycles. The Labute approximate surface area is 86.3 Å². The van der Waals surface area contributed by atoms with E-state index < -0.39 is 5.41 Å². The van der Waals surface area contributed by atoms with Gasteiger partial charge >= 0.3 is 0 Å². The van der Waals surface area contributed by atoms with Crippen molar-refractivity contribution in [2.24, 2.45) is 0 Å². The van der Waals surface area contributed by atoms with Crippen molar-refractivity contribution in [3.05, 3.63) is 29.0 Å². The van der Waals surface area contributed by atoms with Crippen molar-refractivity contribution < 1.29 is 4.79 Å². The maximum Gasteiger partial charge on any atom is 0.136 e. The number of nitrogens with zero attached hydrogens (tertiary/aromatic N) is 2. The molecule has 0 spiro atoms. The number of halogens is 1. The van der Waals surface area contributed by atoms with Crippen molar-refractivity contribution in [2.45, 2.75) is 18.3 Å². The summed E-state index contributed by atoms with van der Waals surface area (Å²) in [5.41, 5.74) is 0.0215. The Kier molecular flexibility index (Phi) is 2.01. The molecule has 1 aliphatic rings. The van der Waals surface area contributed by atoms with Crippen LogP contribution in [0.3, 0.4) is 0 Å². The maximum atomic E-state index is 10.9. The minimum Gasteiger partial charge on any atom is -0.300 e. The van der Waals surface area contributed by atoms with Crippen LogP contribution in [0, 0.1) is 11.3 Å². The summed E-state index contributed by atoms with van der Waals surface area (Å²) in [5.74, 6) is 0.111. The summed E-state index contributed by atoms with van der Waals surface area (Å²) in [6.45, 7) is 0. The average Bonchev–Trinajstić information content (AvgIpc) is 2.14. The fraction of sp³-hybridized carbons (Fsp3) is 0.300. The molecule has 0 N–H and O–H groups in total. The molecule has 70 valence electrons. The molecular weight excluding hydrogens is 200 g/mol. The average molecular weight is 207 g/mol. The predicted molar refractivity (Wildman–Crippen MR) is 50.8 cm³/mol. The van der Waals surface area contributed by atoms with Crippen molar-refractivity contribution in [3.63, 3.8) is 0 Å². The number of nitriles is 1. The minimum atomic E-state index is -0.697. The summed E-state index contributed by atoms with van der Waals surface area (Å²) in [5, 5.41) is 9.51. The first-order valence-electron chi connectivity index (χ1n) is 4.21. The number of carbonyl (C=O) groups is 1. The zero-order valence-corrected chi connectivity index (χ0v) is 8.08. The summed E-state index contributed by atoms with van der Waals surface area (Å²) < 4.78 is 0. The van der Waals surface area contributed by atoms with E-state index in [2.05, 4.69) is 11.1 Å². The quantitative estimate of drug-likeness (QED) is 0.705. The fourth-order valence-corrected chi connectivity index (χ4v) is 2.01. The van der Waals surface area contributed by atoms with Crippen LogP contribution in [0.4, 0.5) is 0 Å². The molecule has 0 bridgehead atoms. The van der Waals surface area contributed by atoms with Crippen LogP contribution in [0.2, 0.25) is 5.02 Å². The Morgan fingerprint density at radius 3 is 2.79 bits per heavy atom. The van der Waals surface area contributed by atoms with Crippen LogP contribution in [-0.2, 0) is 10.2 Å². The van der Waals surface area contributed by atoms with Crippen LogP contribution < -0.4 is 0 Å². The van der Waals surface area contributed by atoms with Crippen LogP contribution >= 0.6 is 11.6 Å². The second-order valence-corrected chi connectivity index (χ2v) is 3.85. The number of carbonyl (C=O) groups excluding carboxylic acids is 1. The number of aromatic nitrogens is 1. The highest BCUT2D eigenvalue weighted by Gasteiger charge is 2.46. The number of pyridine rings is 1. The highest BCUT2D eigenvalue weighted by atomic mass is 35.5. The lowest BCUT2D eigenvalue weighted by atomic mass is 9.65. The monoisotopic (exact) mass is 206 g/mol. The molecule has 14 heavy (non-hydrogen) atoms. The number of hydrogen-bond acceptors (Lipinski definition) is 3. The molecule has 1 saturated carbocycles. The van der Waals surface area contributed by atoms with E-state index in [0.717, 1.165) is 5.56 Å². The van der Waals surface area contributed by atoms with Gasteiger partial charge in [-0.2, -0.15) is 5.26 Å². The standard InChI is InChI=1S/C10H7ClN2O/c11-9-5-13-2-1-8(9)10(6-12)3-7(14)4-10/h1-2,5H,3-4H2. The molecule has 3 nitrogen and oxygen atoms in total. The third-order valence-electron chi connectivity index (χ3n) is 2.50. The lowest BCUT2D eigenvalue weighted by molar-refractivity contribution is -0.126. The Morgan fingerprint density at radius 1 is 1.57 bits per heavy atom.